The van der Waals surface area contributed by atoms with Crippen LogP contribution in [0.4, 0.5) is 17.1 Å². The third-order valence-electron chi connectivity index (χ3n) is 10.1. The Balaban J connectivity index is 0.972. The molecule has 1 saturated heterocycles. The largest absolute Gasteiger partial charge is 0.368 e. The molecule has 1 aliphatic carbocycles. The highest BCUT2D eigenvalue weighted by Crippen LogP contribution is 2.40. The molecule has 4 aromatic carbocycles. The number of hydrogen-bond donors (Lipinski definition) is 3. The van der Waals surface area contributed by atoms with Gasteiger partial charge in [0.2, 0.25) is 0 Å². The topological polar surface area (TPSA) is 122 Å². The number of halogens is 1. The van der Waals surface area contributed by atoms with E-state index in [1.807, 2.05) is 85.3 Å². The van der Waals surface area contributed by atoms with Gasteiger partial charge in [-0.3, -0.25) is 14.9 Å². The van der Waals surface area contributed by atoms with Crippen LogP contribution in [0.2, 0.25) is 5.02 Å². The van der Waals surface area contributed by atoms with Gasteiger partial charge in [-0.2, -0.15) is 0 Å². The highest BCUT2D eigenvalue weighted by molar-refractivity contribution is 8.01. The van der Waals surface area contributed by atoms with Crippen molar-refractivity contribution in [1.82, 2.24) is 9.29 Å². The highest BCUT2D eigenvalue weighted by Gasteiger charge is 2.32. The second kappa shape index (κ2) is 16.6. The van der Waals surface area contributed by atoms with Crippen LogP contribution in [0.15, 0.2) is 120 Å². The van der Waals surface area contributed by atoms with Crippen molar-refractivity contribution in [3.63, 3.8) is 0 Å². The van der Waals surface area contributed by atoms with E-state index in [9.17, 15) is 14.9 Å². The smallest absolute Gasteiger partial charge is 0.261 e. The Labute approximate surface area is 329 Å². The number of carbonyl (C=O) groups excluding carboxylic acids is 1. The van der Waals surface area contributed by atoms with Crippen molar-refractivity contribution in [2.45, 2.75) is 36.0 Å². The maximum absolute atomic E-state index is 12.8. The van der Waals surface area contributed by atoms with Crippen LogP contribution in [0.3, 0.4) is 0 Å². The maximum Gasteiger partial charge on any atom is 0.261 e. The molecule has 0 bridgehead atoms. The van der Waals surface area contributed by atoms with Gasteiger partial charge in [0.1, 0.15) is 6.04 Å². The summed E-state index contributed by atoms with van der Waals surface area (Å²) in [6, 6.07) is 33.9. The molecule has 7 rings (SSSR count). The lowest BCUT2D eigenvalue weighted by Gasteiger charge is -2.37. The van der Waals surface area contributed by atoms with E-state index in [1.54, 1.807) is 6.08 Å². The lowest BCUT2D eigenvalue weighted by Crippen LogP contribution is -2.46. The van der Waals surface area contributed by atoms with E-state index in [0.29, 0.717) is 17.0 Å². The second-order valence-electron chi connectivity index (χ2n) is 13.5. The van der Waals surface area contributed by atoms with Crippen LogP contribution in [0, 0.1) is 17.0 Å². The molecule has 4 N–H and O–H groups in total. The number of benzene rings is 4. The van der Waals surface area contributed by atoms with Crippen LogP contribution in [0.5, 0.6) is 0 Å². The van der Waals surface area contributed by atoms with Crippen LogP contribution in [0.25, 0.3) is 22.4 Å². The van der Waals surface area contributed by atoms with Crippen molar-refractivity contribution in [3.8, 4) is 22.4 Å². The number of amides is 1. The predicted molar refractivity (Wildman–Crippen MR) is 224 cm³/mol. The van der Waals surface area contributed by atoms with Crippen LogP contribution < -0.4 is 25.0 Å². The molecule has 0 saturated carbocycles. The molecular weight excluding hydrogens is 738 g/mol. The molecule has 0 spiro atoms. The van der Waals surface area contributed by atoms with Crippen molar-refractivity contribution in [1.29, 1.82) is 0 Å². The van der Waals surface area contributed by atoms with Gasteiger partial charge >= 0.3 is 0 Å². The lowest BCUT2D eigenvalue weighted by atomic mass is 9.96. The number of piperazine rings is 1. The molecule has 2 heterocycles. The molecule has 1 aromatic heterocycles. The molecule has 1 aliphatic heterocycles. The number of nitrogens with zero attached hydrogens (tertiary/aromatic N) is 4. The summed E-state index contributed by atoms with van der Waals surface area (Å²) >= 11 is 9.15. The Hall–Kier alpha value is -4.88. The Morgan fingerprint density at radius 3 is 2.22 bits per heavy atom. The normalized spacial score (nSPS) is 17.3. The monoisotopic (exact) mass is 779 g/mol. The summed E-state index contributed by atoms with van der Waals surface area (Å²) in [5.41, 5.74) is 14.4. The molecule has 54 heavy (non-hydrogen) atoms. The van der Waals surface area contributed by atoms with Crippen molar-refractivity contribution >= 4 is 58.5 Å². The molecule has 2 atom stereocenters. The van der Waals surface area contributed by atoms with E-state index >= 15 is 0 Å². The molecular formula is C41H42ClN7O3S2. The zero-order valence-corrected chi connectivity index (χ0v) is 32.5. The average Bonchev–Trinajstić information content (AvgIpc) is 3.47. The average molecular weight is 780 g/mol. The summed E-state index contributed by atoms with van der Waals surface area (Å²) < 4.78 is 8.74. The minimum Gasteiger partial charge on any atom is -0.368 e. The third-order valence-corrected chi connectivity index (χ3v) is 12.3. The van der Waals surface area contributed by atoms with Crippen molar-refractivity contribution < 1.29 is 9.72 Å². The number of anilines is 3. The van der Waals surface area contributed by atoms with Gasteiger partial charge in [-0.05, 0) is 115 Å². The number of hydrogen-bond acceptors (Lipinski definition) is 9. The SMILES string of the molecule is Cc1c(C(N)=O)c(-c2cccc(N3CCN(c4ccc(NSC5C=C([N+](=O)[O-])C(NSc6ccccc6)CC5)cc4)CC3)c2)c(-c2ccc(Cl)cc2)n1C. The summed E-state index contributed by atoms with van der Waals surface area (Å²) in [6.45, 7) is 5.31. The number of rotatable bonds is 12. The standard InChI is InChI=1S/C41H42ClN7O3S2/c1-27-38(41(43)50)39(40(46(27)2)28-11-13-30(42)14-12-28)29-7-6-8-33(25-29)48-23-21-47(22-24-48)32-17-15-31(16-18-32)44-54-35-19-20-36(37(26-35)49(51)52)45-53-34-9-4-3-5-10-34/h3-18,25-26,35-36,44-45H,19-24H2,1-2H3,(H2,43,50). The van der Waals surface area contributed by atoms with Gasteiger partial charge < -0.3 is 24.8 Å². The molecule has 278 valence electrons. The first-order valence-corrected chi connectivity index (χ1v) is 19.9. The molecule has 1 amide bonds. The first-order valence-electron chi connectivity index (χ1n) is 17.9. The minimum atomic E-state index is -0.452. The predicted octanol–water partition coefficient (Wildman–Crippen LogP) is 8.80. The van der Waals surface area contributed by atoms with Gasteiger partial charge in [0.25, 0.3) is 11.6 Å². The second-order valence-corrected chi connectivity index (χ2v) is 15.8. The van der Waals surface area contributed by atoms with Crippen molar-refractivity contribution in [2.24, 2.45) is 12.8 Å². The van der Waals surface area contributed by atoms with Crippen LogP contribution in [0.1, 0.15) is 28.9 Å². The highest BCUT2D eigenvalue weighted by atomic mass is 35.5. The Bertz CT molecular complexity index is 2150. The van der Waals surface area contributed by atoms with Gasteiger partial charge in [0, 0.05) is 82.8 Å². The van der Waals surface area contributed by atoms with E-state index in [1.165, 1.54) is 23.9 Å². The summed E-state index contributed by atoms with van der Waals surface area (Å²) in [7, 11) is 1.96. The maximum atomic E-state index is 12.8. The molecule has 2 aliphatic rings. The summed E-state index contributed by atoms with van der Waals surface area (Å²) in [5.74, 6) is -0.452. The molecule has 0 radical (unpaired) electrons. The number of aromatic nitrogens is 1. The number of nitro groups is 1. The quantitative estimate of drug-likeness (QED) is 0.0648. The first kappa shape index (κ1) is 37.4. The molecule has 2 unspecified atom stereocenters. The van der Waals surface area contributed by atoms with E-state index in [-0.39, 0.29) is 21.9 Å². The van der Waals surface area contributed by atoms with Crippen LogP contribution >= 0.6 is 35.5 Å². The molecule has 5 aromatic rings. The van der Waals surface area contributed by atoms with Gasteiger partial charge in [-0.25, -0.2) is 4.72 Å². The number of nitrogens with two attached hydrogens (primary N) is 1. The fourth-order valence-electron chi connectivity index (χ4n) is 7.19. The van der Waals surface area contributed by atoms with Gasteiger partial charge in [0.05, 0.1) is 16.2 Å². The van der Waals surface area contributed by atoms with Crippen LogP contribution in [-0.2, 0) is 7.05 Å². The van der Waals surface area contributed by atoms with E-state index in [0.717, 1.165) is 82.6 Å². The molecule has 1 fully saturated rings. The fourth-order valence-corrected chi connectivity index (χ4v) is 9.01. The van der Waals surface area contributed by atoms with E-state index < -0.39 is 5.91 Å². The van der Waals surface area contributed by atoms with Gasteiger partial charge in [0.15, 0.2) is 0 Å². The van der Waals surface area contributed by atoms with E-state index in [2.05, 4.69) is 55.6 Å². The summed E-state index contributed by atoms with van der Waals surface area (Å²) in [6.07, 6.45) is 3.30. The van der Waals surface area contributed by atoms with Crippen molar-refractivity contribution in [2.75, 3.05) is 40.7 Å². The zero-order chi connectivity index (χ0) is 37.8. The van der Waals surface area contributed by atoms with Crippen molar-refractivity contribution in [3.05, 3.63) is 141 Å². The zero-order valence-electron chi connectivity index (χ0n) is 30.1. The fraction of sp³-hybridized carbons (Fsp3) is 0.244. The Morgan fingerprint density at radius 2 is 1.56 bits per heavy atom. The number of primary amides is 1. The van der Waals surface area contributed by atoms with E-state index in [4.69, 9.17) is 17.3 Å². The van der Waals surface area contributed by atoms with Gasteiger partial charge in [-0.15, -0.1) is 0 Å². The summed E-state index contributed by atoms with van der Waals surface area (Å²) in [4.78, 5) is 30.2. The Kier molecular flexibility index (Phi) is 11.5. The third kappa shape index (κ3) is 8.27. The molecule has 13 heteroatoms. The number of carbonyl (C=O) groups is 1. The number of nitrogens with one attached hydrogen (secondary N) is 2. The van der Waals surface area contributed by atoms with Gasteiger partial charge in [-0.1, -0.05) is 54.1 Å². The summed E-state index contributed by atoms with van der Waals surface area (Å²) in [5, 5.41) is 12.6. The minimum absolute atomic E-state index is 0.00578. The van der Waals surface area contributed by atoms with Crippen LogP contribution in [-0.4, -0.2) is 52.9 Å². The lowest BCUT2D eigenvalue weighted by molar-refractivity contribution is -0.431. The first-order chi connectivity index (χ1) is 26.2. The molecule has 10 nitrogen and oxygen atoms in total. The Morgan fingerprint density at radius 1 is 0.870 bits per heavy atom.